The van der Waals surface area contributed by atoms with E-state index in [-0.39, 0.29) is 5.75 Å². The summed E-state index contributed by atoms with van der Waals surface area (Å²) in [6.07, 6.45) is 0. The van der Waals surface area contributed by atoms with Crippen molar-refractivity contribution in [3.8, 4) is 23.0 Å². The molecule has 0 radical (unpaired) electrons. The SMILES string of the molecule is CCNC(=NCc1cccc(OC)c1O)Nc1ccc(OC)c(OC)c1. The molecule has 26 heavy (non-hydrogen) atoms. The third-order valence-corrected chi connectivity index (χ3v) is 3.70. The minimum Gasteiger partial charge on any atom is -0.504 e. The molecule has 0 saturated carbocycles. The van der Waals surface area contributed by atoms with Crippen LogP contribution in [-0.4, -0.2) is 38.9 Å². The Morgan fingerprint density at radius 2 is 1.73 bits per heavy atom. The zero-order chi connectivity index (χ0) is 18.9. The van der Waals surface area contributed by atoms with E-state index in [4.69, 9.17) is 14.2 Å². The fraction of sp³-hybridized carbons (Fsp3) is 0.316. The van der Waals surface area contributed by atoms with Gasteiger partial charge in [-0.3, -0.25) is 0 Å². The van der Waals surface area contributed by atoms with E-state index in [1.54, 1.807) is 26.4 Å². The number of nitrogens with zero attached hydrogens (tertiary/aromatic N) is 1. The van der Waals surface area contributed by atoms with Crippen molar-refractivity contribution in [2.45, 2.75) is 13.5 Å². The van der Waals surface area contributed by atoms with E-state index in [0.717, 1.165) is 5.69 Å². The summed E-state index contributed by atoms with van der Waals surface area (Å²) >= 11 is 0. The van der Waals surface area contributed by atoms with Gasteiger partial charge in [0.15, 0.2) is 29.0 Å². The molecule has 3 N–H and O–H groups in total. The van der Waals surface area contributed by atoms with Crippen molar-refractivity contribution in [1.82, 2.24) is 5.32 Å². The van der Waals surface area contributed by atoms with E-state index in [9.17, 15) is 5.11 Å². The summed E-state index contributed by atoms with van der Waals surface area (Å²) < 4.78 is 15.7. The first-order chi connectivity index (χ1) is 12.6. The molecule has 0 spiro atoms. The Morgan fingerprint density at radius 1 is 1.00 bits per heavy atom. The van der Waals surface area contributed by atoms with Crippen LogP contribution in [0.15, 0.2) is 41.4 Å². The Morgan fingerprint density at radius 3 is 2.38 bits per heavy atom. The number of hydrogen-bond acceptors (Lipinski definition) is 5. The normalized spacial score (nSPS) is 11.0. The lowest BCUT2D eigenvalue weighted by molar-refractivity contribution is 0.355. The quantitative estimate of drug-likeness (QED) is 0.521. The maximum Gasteiger partial charge on any atom is 0.196 e. The predicted molar refractivity (Wildman–Crippen MR) is 103 cm³/mol. The number of benzene rings is 2. The Kier molecular flexibility index (Phi) is 6.96. The summed E-state index contributed by atoms with van der Waals surface area (Å²) in [6, 6.07) is 10.8. The van der Waals surface area contributed by atoms with Crippen LogP contribution in [0, 0.1) is 0 Å². The van der Waals surface area contributed by atoms with Gasteiger partial charge in [0.2, 0.25) is 0 Å². The molecule has 2 aromatic carbocycles. The average molecular weight is 359 g/mol. The molecule has 0 amide bonds. The second-order valence-corrected chi connectivity index (χ2v) is 5.36. The van der Waals surface area contributed by atoms with E-state index in [1.165, 1.54) is 7.11 Å². The largest absolute Gasteiger partial charge is 0.504 e. The van der Waals surface area contributed by atoms with Crippen molar-refractivity contribution in [1.29, 1.82) is 0 Å². The molecule has 0 aliphatic carbocycles. The van der Waals surface area contributed by atoms with E-state index in [0.29, 0.717) is 41.9 Å². The highest BCUT2D eigenvalue weighted by Gasteiger charge is 2.09. The molecule has 7 heteroatoms. The van der Waals surface area contributed by atoms with Crippen molar-refractivity contribution in [2.24, 2.45) is 4.99 Å². The lowest BCUT2D eigenvalue weighted by atomic mass is 10.2. The third-order valence-electron chi connectivity index (χ3n) is 3.70. The van der Waals surface area contributed by atoms with Gasteiger partial charge in [-0.25, -0.2) is 4.99 Å². The first kappa shape index (κ1) is 19.2. The number of aromatic hydroxyl groups is 1. The van der Waals surface area contributed by atoms with Gasteiger partial charge in [-0.05, 0) is 25.1 Å². The van der Waals surface area contributed by atoms with Gasteiger partial charge in [0.05, 0.1) is 27.9 Å². The van der Waals surface area contributed by atoms with Gasteiger partial charge < -0.3 is 30.0 Å². The van der Waals surface area contributed by atoms with Gasteiger partial charge in [-0.15, -0.1) is 0 Å². The standard InChI is InChI=1S/C19H25N3O4/c1-5-20-19(21-12-13-7-6-8-16(25-3)18(13)23)22-14-9-10-15(24-2)17(11-14)26-4/h6-11,23H,5,12H2,1-4H3,(H2,20,21,22). The van der Waals surface area contributed by atoms with Crippen molar-refractivity contribution < 1.29 is 19.3 Å². The predicted octanol–water partition coefficient (Wildman–Crippen LogP) is 3.00. The number of aliphatic imine (C=N–C) groups is 1. The van der Waals surface area contributed by atoms with Gasteiger partial charge in [-0.1, -0.05) is 12.1 Å². The topological polar surface area (TPSA) is 84.3 Å². The number of guanidine groups is 1. The number of nitrogens with one attached hydrogen (secondary N) is 2. The average Bonchev–Trinajstić information content (AvgIpc) is 2.67. The summed E-state index contributed by atoms with van der Waals surface area (Å²) in [5, 5.41) is 16.6. The minimum atomic E-state index is 0.0979. The van der Waals surface area contributed by atoms with E-state index in [1.807, 2.05) is 31.2 Å². The molecule has 0 atom stereocenters. The summed E-state index contributed by atoms with van der Waals surface area (Å²) in [6.45, 7) is 2.98. The van der Waals surface area contributed by atoms with Crippen LogP contribution in [0.5, 0.6) is 23.0 Å². The Balaban J connectivity index is 2.19. The number of methoxy groups -OCH3 is 3. The van der Waals surface area contributed by atoms with Gasteiger partial charge >= 0.3 is 0 Å². The van der Waals surface area contributed by atoms with Crippen molar-refractivity contribution >= 4 is 11.6 Å². The lowest BCUT2D eigenvalue weighted by Gasteiger charge is -2.14. The van der Waals surface area contributed by atoms with E-state index >= 15 is 0 Å². The Hall–Kier alpha value is -3.09. The van der Waals surface area contributed by atoms with Crippen LogP contribution in [-0.2, 0) is 6.54 Å². The molecule has 0 aliphatic heterocycles. The smallest absolute Gasteiger partial charge is 0.196 e. The second-order valence-electron chi connectivity index (χ2n) is 5.36. The van der Waals surface area contributed by atoms with Crippen LogP contribution in [0.25, 0.3) is 0 Å². The van der Waals surface area contributed by atoms with Crippen LogP contribution in [0.1, 0.15) is 12.5 Å². The second kappa shape index (κ2) is 9.41. The number of phenols is 1. The van der Waals surface area contributed by atoms with Gasteiger partial charge in [0.1, 0.15) is 0 Å². The van der Waals surface area contributed by atoms with Gasteiger partial charge in [0, 0.05) is 23.9 Å². The Bertz CT molecular complexity index is 762. The number of anilines is 1. The highest BCUT2D eigenvalue weighted by atomic mass is 16.5. The van der Waals surface area contributed by atoms with Crippen molar-refractivity contribution in [3.63, 3.8) is 0 Å². The first-order valence-electron chi connectivity index (χ1n) is 8.25. The maximum absolute atomic E-state index is 10.2. The molecule has 0 heterocycles. The van der Waals surface area contributed by atoms with Crippen LogP contribution in [0.3, 0.4) is 0 Å². The van der Waals surface area contributed by atoms with E-state index in [2.05, 4.69) is 15.6 Å². The first-order valence-corrected chi connectivity index (χ1v) is 8.25. The molecule has 2 rings (SSSR count). The molecule has 7 nitrogen and oxygen atoms in total. The molecular formula is C19H25N3O4. The highest BCUT2D eigenvalue weighted by molar-refractivity contribution is 5.93. The van der Waals surface area contributed by atoms with Gasteiger partial charge in [0.25, 0.3) is 0 Å². The number of hydrogen-bond donors (Lipinski definition) is 3. The summed E-state index contributed by atoms with van der Waals surface area (Å²) in [5.41, 5.74) is 1.48. The minimum absolute atomic E-state index is 0.0979. The van der Waals surface area contributed by atoms with Crippen molar-refractivity contribution in [3.05, 3.63) is 42.0 Å². The fourth-order valence-corrected chi connectivity index (χ4v) is 2.38. The van der Waals surface area contributed by atoms with Crippen LogP contribution in [0.2, 0.25) is 0 Å². The number of ether oxygens (including phenoxy) is 3. The molecule has 0 saturated heterocycles. The molecule has 0 aliphatic rings. The maximum atomic E-state index is 10.2. The summed E-state index contributed by atoms with van der Waals surface area (Å²) in [4.78, 5) is 4.52. The highest BCUT2D eigenvalue weighted by Crippen LogP contribution is 2.31. The zero-order valence-electron chi connectivity index (χ0n) is 15.5. The molecule has 0 fully saturated rings. The van der Waals surface area contributed by atoms with E-state index < -0.39 is 0 Å². The zero-order valence-corrected chi connectivity index (χ0v) is 15.5. The molecule has 2 aromatic rings. The molecular weight excluding hydrogens is 334 g/mol. The van der Waals surface area contributed by atoms with Gasteiger partial charge in [-0.2, -0.15) is 0 Å². The summed E-state index contributed by atoms with van der Waals surface area (Å²) in [7, 11) is 4.70. The number of phenolic OH excluding ortho intramolecular Hbond substituents is 1. The lowest BCUT2D eigenvalue weighted by Crippen LogP contribution is -2.30. The third kappa shape index (κ3) is 4.72. The molecule has 0 bridgehead atoms. The van der Waals surface area contributed by atoms with Crippen LogP contribution in [0.4, 0.5) is 5.69 Å². The van der Waals surface area contributed by atoms with Crippen LogP contribution >= 0.6 is 0 Å². The Labute approximate surface area is 153 Å². The fourth-order valence-electron chi connectivity index (χ4n) is 2.38. The molecule has 0 aromatic heterocycles. The molecule has 0 unspecified atom stereocenters. The number of para-hydroxylation sites is 1. The monoisotopic (exact) mass is 359 g/mol. The summed E-state index contributed by atoms with van der Waals surface area (Å²) in [5.74, 6) is 2.39. The van der Waals surface area contributed by atoms with Crippen LogP contribution < -0.4 is 24.8 Å². The molecule has 140 valence electrons. The van der Waals surface area contributed by atoms with Crippen molar-refractivity contribution in [2.75, 3.05) is 33.2 Å². The number of rotatable bonds is 7.